The second-order valence-corrected chi connectivity index (χ2v) is 7.07. The molecule has 0 aromatic heterocycles. The van der Waals surface area contributed by atoms with Gasteiger partial charge in [0.25, 0.3) is 11.8 Å². The Bertz CT molecular complexity index is 1170. The summed E-state index contributed by atoms with van der Waals surface area (Å²) in [7, 11) is 1.48. The molecule has 0 aliphatic heterocycles. The Morgan fingerprint density at radius 3 is 2.32 bits per heavy atom. The van der Waals surface area contributed by atoms with Gasteiger partial charge in [-0.2, -0.15) is 0 Å². The van der Waals surface area contributed by atoms with Crippen LogP contribution in [0.25, 0.3) is 0 Å². The molecule has 0 spiro atoms. The molecule has 0 heterocycles. The number of nitrogens with one attached hydrogen (secondary N) is 2. The lowest BCUT2D eigenvalue weighted by Gasteiger charge is -2.10. The largest absolute Gasteiger partial charge is 0.450 e. The molecule has 158 valence electrons. The minimum atomic E-state index is -0.595. The van der Waals surface area contributed by atoms with Gasteiger partial charge in [-0.15, -0.1) is 0 Å². The van der Waals surface area contributed by atoms with Crippen LogP contribution < -0.4 is 15.4 Å². The zero-order valence-electron chi connectivity index (χ0n) is 16.0. The average Bonchev–Trinajstić information content (AvgIpc) is 2.76. The highest BCUT2D eigenvalue weighted by atomic mass is 35.5. The molecule has 2 amide bonds. The third-order valence-electron chi connectivity index (χ3n) is 4.16. The molecule has 0 radical (unpaired) electrons. The van der Waals surface area contributed by atoms with Gasteiger partial charge in [-0.1, -0.05) is 23.2 Å². The van der Waals surface area contributed by atoms with Gasteiger partial charge in [-0.25, -0.2) is 0 Å². The molecular weight excluding hydrogens is 445 g/mol. The fourth-order valence-corrected chi connectivity index (χ4v) is 3.01. The van der Waals surface area contributed by atoms with E-state index in [2.05, 4.69) is 10.6 Å². The van der Waals surface area contributed by atoms with Crippen molar-refractivity contribution < 1.29 is 19.2 Å². The lowest BCUT2D eigenvalue weighted by Crippen LogP contribution is -2.19. The minimum absolute atomic E-state index is 0.0227. The summed E-state index contributed by atoms with van der Waals surface area (Å²) < 4.78 is 5.56. The lowest BCUT2D eigenvalue weighted by atomic mass is 10.1. The maximum atomic E-state index is 12.5. The van der Waals surface area contributed by atoms with Crippen molar-refractivity contribution in [3.63, 3.8) is 0 Å². The Balaban J connectivity index is 1.74. The van der Waals surface area contributed by atoms with E-state index in [1.54, 1.807) is 6.07 Å². The highest BCUT2D eigenvalue weighted by molar-refractivity contribution is 6.34. The number of amides is 2. The molecule has 0 fully saturated rings. The Labute approximate surface area is 186 Å². The maximum Gasteiger partial charge on any atom is 0.313 e. The number of nitro benzene ring substituents is 1. The van der Waals surface area contributed by atoms with E-state index in [9.17, 15) is 19.7 Å². The van der Waals surface area contributed by atoms with E-state index in [-0.39, 0.29) is 33.0 Å². The number of carbonyl (C=O) groups excluding carboxylic acids is 2. The minimum Gasteiger partial charge on any atom is -0.450 e. The number of benzene rings is 3. The first-order chi connectivity index (χ1) is 14.8. The average molecular weight is 460 g/mol. The summed E-state index contributed by atoms with van der Waals surface area (Å²) >= 11 is 11.8. The zero-order chi connectivity index (χ0) is 22.5. The van der Waals surface area contributed by atoms with Crippen molar-refractivity contribution in [2.24, 2.45) is 0 Å². The quantitative estimate of drug-likeness (QED) is 0.383. The smallest absolute Gasteiger partial charge is 0.313 e. The molecular formula is C21H15Cl2N3O5. The molecule has 0 saturated carbocycles. The van der Waals surface area contributed by atoms with E-state index in [1.807, 2.05) is 0 Å². The summed E-state index contributed by atoms with van der Waals surface area (Å²) in [6, 6.07) is 14.6. The summed E-state index contributed by atoms with van der Waals surface area (Å²) in [5.41, 5.74) is 0.666. The number of nitro groups is 1. The molecule has 0 aliphatic rings. The normalized spacial score (nSPS) is 10.3. The number of rotatable bonds is 6. The maximum absolute atomic E-state index is 12.5. The van der Waals surface area contributed by atoms with E-state index < -0.39 is 10.8 Å². The van der Waals surface area contributed by atoms with E-state index in [0.29, 0.717) is 17.0 Å². The molecule has 10 heteroatoms. The molecule has 2 N–H and O–H groups in total. The molecule has 0 bridgehead atoms. The lowest BCUT2D eigenvalue weighted by molar-refractivity contribution is -0.385. The third kappa shape index (κ3) is 5.30. The molecule has 0 saturated heterocycles. The number of nitrogens with zero attached hydrogens (tertiary/aromatic N) is 1. The van der Waals surface area contributed by atoms with Crippen molar-refractivity contribution >= 4 is 46.4 Å². The van der Waals surface area contributed by atoms with Gasteiger partial charge >= 0.3 is 5.69 Å². The van der Waals surface area contributed by atoms with Gasteiger partial charge in [0, 0.05) is 29.4 Å². The van der Waals surface area contributed by atoms with Gasteiger partial charge in [-0.05, 0) is 54.6 Å². The van der Waals surface area contributed by atoms with Crippen LogP contribution in [0.1, 0.15) is 20.7 Å². The van der Waals surface area contributed by atoms with Crippen molar-refractivity contribution in [2.75, 3.05) is 12.4 Å². The number of hydrogen-bond donors (Lipinski definition) is 2. The van der Waals surface area contributed by atoms with Gasteiger partial charge in [0.15, 0.2) is 0 Å². The van der Waals surface area contributed by atoms with Crippen LogP contribution in [0.2, 0.25) is 10.0 Å². The van der Waals surface area contributed by atoms with Crippen molar-refractivity contribution in [3.05, 3.63) is 92.0 Å². The van der Waals surface area contributed by atoms with E-state index in [1.165, 1.54) is 61.6 Å². The Hall–Kier alpha value is -3.62. The van der Waals surface area contributed by atoms with Crippen LogP contribution in [0.5, 0.6) is 11.5 Å². The van der Waals surface area contributed by atoms with Gasteiger partial charge in [-0.3, -0.25) is 19.7 Å². The van der Waals surface area contributed by atoms with E-state index in [4.69, 9.17) is 27.9 Å². The van der Waals surface area contributed by atoms with Gasteiger partial charge in [0.05, 0.1) is 15.5 Å². The van der Waals surface area contributed by atoms with Crippen LogP contribution in [0.3, 0.4) is 0 Å². The van der Waals surface area contributed by atoms with Crippen LogP contribution in [-0.4, -0.2) is 23.8 Å². The highest BCUT2D eigenvalue weighted by Crippen LogP contribution is 2.33. The Morgan fingerprint density at radius 2 is 1.68 bits per heavy atom. The van der Waals surface area contributed by atoms with Crippen molar-refractivity contribution in [1.82, 2.24) is 5.32 Å². The third-order valence-corrected chi connectivity index (χ3v) is 4.72. The summed E-state index contributed by atoms with van der Waals surface area (Å²) in [4.78, 5) is 34.9. The van der Waals surface area contributed by atoms with Crippen LogP contribution in [-0.2, 0) is 0 Å². The first-order valence-electron chi connectivity index (χ1n) is 8.83. The molecule has 3 aromatic carbocycles. The monoisotopic (exact) mass is 459 g/mol. The molecule has 3 aromatic rings. The van der Waals surface area contributed by atoms with Crippen LogP contribution in [0.15, 0.2) is 60.7 Å². The summed E-state index contributed by atoms with van der Waals surface area (Å²) in [5, 5.41) is 16.8. The highest BCUT2D eigenvalue weighted by Gasteiger charge is 2.17. The fourth-order valence-electron chi connectivity index (χ4n) is 2.64. The zero-order valence-corrected chi connectivity index (χ0v) is 17.5. The van der Waals surface area contributed by atoms with Crippen molar-refractivity contribution in [2.45, 2.75) is 0 Å². The molecule has 8 nitrogen and oxygen atoms in total. The fraction of sp³-hybridized carbons (Fsp3) is 0.0476. The van der Waals surface area contributed by atoms with Gasteiger partial charge < -0.3 is 15.4 Å². The number of ether oxygens (including phenoxy) is 1. The van der Waals surface area contributed by atoms with Crippen LogP contribution >= 0.6 is 23.2 Å². The first kappa shape index (κ1) is 22.1. The molecule has 0 unspecified atom stereocenters. The second-order valence-electron chi connectivity index (χ2n) is 6.22. The second kappa shape index (κ2) is 9.46. The number of anilines is 1. The van der Waals surface area contributed by atoms with Crippen LogP contribution in [0, 0.1) is 10.1 Å². The predicted octanol–water partition coefficient (Wildman–Crippen LogP) is 5.31. The number of halogens is 2. The number of carbonyl (C=O) groups is 2. The summed E-state index contributed by atoms with van der Waals surface area (Å²) in [6.07, 6.45) is 0. The molecule has 0 aliphatic carbocycles. The summed E-state index contributed by atoms with van der Waals surface area (Å²) in [5.74, 6) is -0.474. The Kier molecular flexibility index (Phi) is 6.74. The topological polar surface area (TPSA) is 111 Å². The van der Waals surface area contributed by atoms with Crippen molar-refractivity contribution in [3.8, 4) is 11.5 Å². The SMILES string of the molecule is CNC(=O)c1cc(NC(=O)c2ccc(Oc3ccc(Cl)cc3[N+](=O)[O-])cc2)ccc1Cl. The molecule has 31 heavy (non-hydrogen) atoms. The predicted molar refractivity (Wildman–Crippen MR) is 117 cm³/mol. The van der Waals surface area contributed by atoms with Crippen molar-refractivity contribution in [1.29, 1.82) is 0 Å². The van der Waals surface area contributed by atoms with Gasteiger partial charge in [0.1, 0.15) is 5.75 Å². The van der Waals surface area contributed by atoms with E-state index in [0.717, 1.165) is 0 Å². The standard InChI is InChI=1S/C21H15Cl2N3O5/c1-24-21(28)16-11-14(5-8-17(16)23)25-20(27)12-2-6-15(7-3-12)31-19-9-4-13(22)10-18(19)26(29)30/h2-11H,1H3,(H,24,28)(H,25,27). The summed E-state index contributed by atoms with van der Waals surface area (Å²) in [6.45, 7) is 0. The number of hydrogen-bond acceptors (Lipinski definition) is 5. The van der Waals surface area contributed by atoms with Crippen LogP contribution in [0.4, 0.5) is 11.4 Å². The first-order valence-corrected chi connectivity index (χ1v) is 9.59. The molecule has 0 atom stereocenters. The van der Waals surface area contributed by atoms with Gasteiger partial charge in [0.2, 0.25) is 5.75 Å². The Morgan fingerprint density at radius 1 is 0.968 bits per heavy atom. The van der Waals surface area contributed by atoms with E-state index >= 15 is 0 Å². The molecule has 3 rings (SSSR count).